The number of aryl methyl sites for hydroxylation is 1. The number of benzene rings is 1. The molecule has 1 aromatic carbocycles. The first-order chi connectivity index (χ1) is 13.6. The minimum atomic E-state index is -0.734. The molecule has 0 saturated carbocycles. The van der Waals surface area contributed by atoms with Crippen LogP contribution in [0.2, 0.25) is 5.02 Å². The summed E-state index contributed by atoms with van der Waals surface area (Å²) in [7, 11) is 0. The number of hydrogen-bond donors (Lipinski definition) is 1. The number of nitriles is 1. The van der Waals surface area contributed by atoms with Crippen LogP contribution in [0.25, 0.3) is 0 Å². The molecule has 3 rings (SSSR count). The Labute approximate surface area is 181 Å². The number of nitrogens with one attached hydrogen (secondary N) is 1. The summed E-state index contributed by atoms with van der Waals surface area (Å²) < 4.78 is 5.77. The van der Waals surface area contributed by atoms with Gasteiger partial charge in [-0.3, -0.25) is 4.79 Å². The number of anilines is 1. The van der Waals surface area contributed by atoms with Crippen molar-refractivity contribution in [3.05, 3.63) is 44.8 Å². The van der Waals surface area contributed by atoms with E-state index in [1.165, 1.54) is 16.2 Å². The molecule has 2 aromatic rings. The van der Waals surface area contributed by atoms with E-state index in [0.29, 0.717) is 27.3 Å². The lowest BCUT2D eigenvalue weighted by molar-refractivity contribution is -0.122. The lowest BCUT2D eigenvalue weighted by Crippen LogP contribution is -2.30. The van der Waals surface area contributed by atoms with Crippen LogP contribution in [0.15, 0.2) is 18.2 Å². The van der Waals surface area contributed by atoms with Crippen LogP contribution in [0.5, 0.6) is 5.75 Å². The average molecular weight is 431 g/mol. The van der Waals surface area contributed by atoms with Crippen molar-refractivity contribution in [3.8, 4) is 11.8 Å². The molecule has 1 heterocycles. The Morgan fingerprint density at radius 3 is 2.79 bits per heavy atom. The molecule has 1 amide bonds. The van der Waals surface area contributed by atoms with Crippen LogP contribution >= 0.6 is 22.9 Å². The predicted molar refractivity (Wildman–Crippen MR) is 119 cm³/mol. The Balaban J connectivity index is 1.76. The quantitative estimate of drug-likeness (QED) is 0.633. The van der Waals surface area contributed by atoms with Crippen molar-refractivity contribution in [3.63, 3.8) is 0 Å². The van der Waals surface area contributed by atoms with Crippen LogP contribution in [0.3, 0.4) is 0 Å². The van der Waals surface area contributed by atoms with Gasteiger partial charge in [0, 0.05) is 4.88 Å². The van der Waals surface area contributed by atoms with E-state index in [4.69, 9.17) is 16.3 Å². The van der Waals surface area contributed by atoms with Crippen molar-refractivity contribution >= 4 is 33.8 Å². The highest BCUT2D eigenvalue weighted by molar-refractivity contribution is 7.16. The van der Waals surface area contributed by atoms with E-state index in [2.05, 4.69) is 32.2 Å². The van der Waals surface area contributed by atoms with Gasteiger partial charge in [-0.1, -0.05) is 38.4 Å². The van der Waals surface area contributed by atoms with Gasteiger partial charge in [0.15, 0.2) is 6.10 Å². The lowest BCUT2D eigenvalue weighted by atomic mass is 9.72. The molecule has 1 aliphatic rings. The van der Waals surface area contributed by atoms with Crippen molar-refractivity contribution < 1.29 is 9.53 Å². The number of halogens is 1. The SMILES string of the molecule is Cc1ccc(Cl)c(OC(C)C(=O)Nc2sc3c(c2C#N)CCC(C(C)(C)C)C3)c1. The van der Waals surface area contributed by atoms with Gasteiger partial charge in [0.1, 0.15) is 16.8 Å². The maximum Gasteiger partial charge on any atom is 0.265 e. The minimum absolute atomic E-state index is 0.229. The first-order valence-corrected chi connectivity index (χ1v) is 11.1. The molecule has 0 radical (unpaired) electrons. The zero-order valence-corrected chi connectivity index (χ0v) is 19.1. The van der Waals surface area contributed by atoms with Gasteiger partial charge >= 0.3 is 0 Å². The summed E-state index contributed by atoms with van der Waals surface area (Å²) in [6.45, 7) is 10.4. The van der Waals surface area contributed by atoms with Crippen LogP contribution in [0, 0.1) is 29.6 Å². The molecular weight excluding hydrogens is 404 g/mol. The monoisotopic (exact) mass is 430 g/mol. The van der Waals surface area contributed by atoms with E-state index in [1.807, 2.05) is 19.1 Å². The summed E-state index contributed by atoms with van der Waals surface area (Å²) in [5.74, 6) is 0.771. The van der Waals surface area contributed by atoms with Gasteiger partial charge in [-0.05, 0) is 67.7 Å². The second-order valence-electron chi connectivity index (χ2n) is 8.81. The summed E-state index contributed by atoms with van der Waals surface area (Å²) in [5, 5.41) is 13.7. The second kappa shape index (κ2) is 8.38. The average Bonchev–Trinajstić information content (AvgIpc) is 2.99. The van der Waals surface area contributed by atoms with Crippen molar-refractivity contribution in [2.75, 3.05) is 5.32 Å². The van der Waals surface area contributed by atoms with E-state index >= 15 is 0 Å². The van der Waals surface area contributed by atoms with E-state index in [0.717, 1.165) is 30.4 Å². The number of carbonyl (C=O) groups is 1. The van der Waals surface area contributed by atoms with Crippen LogP contribution in [-0.4, -0.2) is 12.0 Å². The Morgan fingerprint density at radius 2 is 2.14 bits per heavy atom. The lowest BCUT2D eigenvalue weighted by Gasteiger charge is -2.33. The van der Waals surface area contributed by atoms with Crippen LogP contribution in [0.4, 0.5) is 5.00 Å². The van der Waals surface area contributed by atoms with Gasteiger partial charge in [0.2, 0.25) is 0 Å². The fourth-order valence-electron chi connectivity index (χ4n) is 3.69. The molecule has 1 aliphatic carbocycles. The van der Waals surface area contributed by atoms with Gasteiger partial charge in [0.25, 0.3) is 5.91 Å². The molecule has 0 fully saturated rings. The summed E-state index contributed by atoms with van der Waals surface area (Å²) >= 11 is 7.70. The molecule has 0 bridgehead atoms. The Bertz CT molecular complexity index is 968. The number of thiophene rings is 1. The molecule has 6 heteroatoms. The largest absolute Gasteiger partial charge is 0.479 e. The predicted octanol–water partition coefficient (Wildman–Crippen LogP) is 6.14. The molecule has 29 heavy (non-hydrogen) atoms. The maximum absolute atomic E-state index is 12.7. The molecular formula is C23H27ClN2O2S. The molecule has 1 aromatic heterocycles. The highest BCUT2D eigenvalue weighted by Gasteiger charge is 2.32. The van der Waals surface area contributed by atoms with Crippen molar-refractivity contribution in [1.82, 2.24) is 0 Å². The summed E-state index contributed by atoms with van der Waals surface area (Å²) in [5.41, 5.74) is 2.94. The topological polar surface area (TPSA) is 62.1 Å². The Morgan fingerprint density at radius 1 is 1.41 bits per heavy atom. The third-order valence-electron chi connectivity index (χ3n) is 5.60. The number of carbonyl (C=O) groups excluding carboxylic acids is 1. The van der Waals surface area contributed by atoms with Crippen LogP contribution in [0.1, 0.15) is 55.7 Å². The van der Waals surface area contributed by atoms with E-state index in [9.17, 15) is 10.1 Å². The van der Waals surface area contributed by atoms with Crippen molar-refractivity contribution in [2.45, 2.75) is 60.0 Å². The molecule has 154 valence electrons. The first-order valence-electron chi connectivity index (χ1n) is 9.88. The summed E-state index contributed by atoms with van der Waals surface area (Å²) in [6, 6.07) is 7.75. The first kappa shape index (κ1) is 21.7. The van der Waals surface area contributed by atoms with Gasteiger partial charge < -0.3 is 10.1 Å². The van der Waals surface area contributed by atoms with Gasteiger partial charge in [-0.2, -0.15) is 5.26 Å². The fraction of sp³-hybridized carbons (Fsp3) is 0.478. The maximum atomic E-state index is 12.7. The zero-order chi connectivity index (χ0) is 21.3. The standard InChI is InChI=1S/C23H27ClN2O2S/c1-13-6-9-18(24)19(10-13)28-14(2)21(27)26-22-17(12-25)16-8-7-15(23(3,4)5)11-20(16)29-22/h6,9-10,14-15H,7-8,11H2,1-5H3,(H,26,27). The highest BCUT2D eigenvalue weighted by atomic mass is 35.5. The molecule has 1 N–H and O–H groups in total. The molecule has 0 aliphatic heterocycles. The molecule has 2 atom stereocenters. The third kappa shape index (κ3) is 4.76. The number of nitrogens with zero attached hydrogens (tertiary/aromatic N) is 1. The van der Waals surface area contributed by atoms with Gasteiger partial charge in [-0.25, -0.2) is 0 Å². The van der Waals surface area contributed by atoms with Crippen molar-refractivity contribution in [1.29, 1.82) is 5.26 Å². The molecule has 2 unspecified atom stereocenters. The van der Waals surface area contributed by atoms with Crippen LogP contribution < -0.4 is 10.1 Å². The molecule has 0 spiro atoms. The van der Waals surface area contributed by atoms with E-state index in [1.54, 1.807) is 13.0 Å². The number of ether oxygens (including phenoxy) is 1. The summed E-state index contributed by atoms with van der Waals surface area (Å²) in [4.78, 5) is 14.0. The van der Waals surface area contributed by atoms with Gasteiger partial charge in [-0.15, -0.1) is 11.3 Å². The van der Waals surface area contributed by atoms with Crippen LogP contribution in [-0.2, 0) is 17.6 Å². The van der Waals surface area contributed by atoms with E-state index < -0.39 is 6.10 Å². The zero-order valence-electron chi connectivity index (χ0n) is 17.6. The summed E-state index contributed by atoms with van der Waals surface area (Å²) in [6.07, 6.45) is 2.18. The number of hydrogen-bond acceptors (Lipinski definition) is 4. The fourth-order valence-corrected chi connectivity index (χ4v) is 5.13. The smallest absolute Gasteiger partial charge is 0.265 e. The van der Waals surface area contributed by atoms with Gasteiger partial charge in [0.05, 0.1) is 10.6 Å². The minimum Gasteiger partial charge on any atom is -0.479 e. The highest BCUT2D eigenvalue weighted by Crippen LogP contribution is 2.44. The number of amides is 1. The van der Waals surface area contributed by atoms with E-state index in [-0.39, 0.29) is 11.3 Å². The molecule has 0 saturated heterocycles. The van der Waals surface area contributed by atoms with Crippen molar-refractivity contribution in [2.24, 2.45) is 11.3 Å². The third-order valence-corrected chi connectivity index (χ3v) is 7.08. The second-order valence-corrected chi connectivity index (χ2v) is 10.3. The Hall–Kier alpha value is -2.03. The normalized spacial score (nSPS) is 17.2. The Kier molecular flexibility index (Phi) is 6.26. The molecule has 4 nitrogen and oxygen atoms in total. The number of fused-ring (bicyclic) bond motifs is 1. The number of rotatable bonds is 4.